The maximum atomic E-state index is 13.8. The number of rotatable bonds is 17. The molecule has 0 saturated carbocycles. The summed E-state index contributed by atoms with van der Waals surface area (Å²) in [5, 5.41) is 26.9. The monoisotopic (exact) mass is 1000 g/mol. The molecule has 6 atom stereocenters. The molecule has 5 aromatic rings. The van der Waals surface area contributed by atoms with Crippen LogP contribution in [0.2, 0.25) is 5.02 Å². The molecule has 2 aliphatic heterocycles. The second-order valence-corrected chi connectivity index (χ2v) is 18.8. The summed E-state index contributed by atoms with van der Waals surface area (Å²) in [6.07, 6.45) is 4.33. The number of anilines is 2. The van der Waals surface area contributed by atoms with Gasteiger partial charge in [-0.3, -0.25) is 28.8 Å². The van der Waals surface area contributed by atoms with Gasteiger partial charge in [0.1, 0.15) is 45.6 Å². The molecule has 22 heteroatoms. The summed E-state index contributed by atoms with van der Waals surface area (Å²) in [5.41, 5.74) is 3.35. The van der Waals surface area contributed by atoms with Crippen LogP contribution >= 0.6 is 46.4 Å². The van der Waals surface area contributed by atoms with E-state index in [0.717, 1.165) is 40.6 Å². The van der Waals surface area contributed by atoms with Crippen molar-refractivity contribution < 1.29 is 28.8 Å². The molecule has 360 valence electrons. The van der Waals surface area contributed by atoms with E-state index in [0.29, 0.717) is 70.1 Å². The van der Waals surface area contributed by atoms with Crippen molar-refractivity contribution in [2.24, 2.45) is 0 Å². The van der Waals surface area contributed by atoms with E-state index in [2.05, 4.69) is 51.1 Å². The zero-order valence-electron chi connectivity index (χ0n) is 38.2. The Bertz CT molecular complexity index is 2520. The molecule has 18 nitrogen and oxygen atoms in total. The number of likely N-dealkylation sites (N-methyl/N-ethyl adjacent to an activating group) is 2. The summed E-state index contributed by atoms with van der Waals surface area (Å²) in [6, 6.07) is 21.9. The van der Waals surface area contributed by atoms with Crippen LogP contribution in [0.25, 0.3) is 22.5 Å². The average molecular weight is 1000 g/mol. The third-order valence-electron chi connectivity index (χ3n) is 11.6. The summed E-state index contributed by atoms with van der Waals surface area (Å²) < 4.78 is 7.98. The summed E-state index contributed by atoms with van der Waals surface area (Å²) >= 11 is 10.1. The minimum atomic E-state index is -1.03. The van der Waals surface area contributed by atoms with Gasteiger partial charge >= 0.3 is 0 Å². The zero-order valence-corrected chi connectivity index (χ0v) is 41.4. The Morgan fingerprint density at radius 3 is 1.60 bits per heavy atom. The van der Waals surface area contributed by atoms with Crippen LogP contribution < -0.4 is 31.9 Å². The van der Waals surface area contributed by atoms with Gasteiger partial charge in [-0.1, -0.05) is 99.4 Å². The number of nitrogens with zero attached hydrogens (tertiary/aromatic N) is 6. The van der Waals surface area contributed by atoms with Gasteiger partial charge in [-0.25, -0.2) is 0 Å². The third-order valence-corrected chi connectivity index (χ3v) is 13.9. The first-order chi connectivity index (χ1) is 32.9. The average Bonchev–Trinajstić information content (AvgIpc) is 4.22. The van der Waals surface area contributed by atoms with Gasteiger partial charge in [0.15, 0.2) is 0 Å². The van der Waals surface area contributed by atoms with E-state index in [-0.39, 0.29) is 35.4 Å². The predicted octanol–water partition coefficient (Wildman–Crippen LogP) is 4.84. The molecule has 4 heterocycles. The lowest BCUT2D eigenvalue weighted by Gasteiger charge is -2.29. The molecule has 0 unspecified atom stereocenters. The molecule has 0 spiro atoms. The Morgan fingerprint density at radius 2 is 1.13 bits per heavy atom. The Morgan fingerprint density at radius 1 is 0.676 bits per heavy atom. The van der Waals surface area contributed by atoms with Crippen LogP contribution in [-0.2, 0) is 28.8 Å². The number of halogens is 1. The molecule has 2 aromatic heterocycles. The quantitative estimate of drug-likeness (QED) is 0.0733. The number of likely N-dealkylation sites (tertiary alicyclic amines) is 2. The first-order valence-corrected chi connectivity index (χ1v) is 25.3. The highest BCUT2D eigenvalue weighted by Crippen LogP contribution is 2.33. The summed E-state index contributed by atoms with van der Waals surface area (Å²) in [7, 11) is 3.35. The minimum absolute atomic E-state index is 0.237. The number of hydrogen-bond acceptors (Lipinski definition) is 15. The molecule has 7 rings (SSSR count). The maximum absolute atomic E-state index is 13.8. The van der Waals surface area contributed by atoms with Crippen molar-refractivity contribution >= 4 is 91.9 Å². The normalized spacial score (nSPS) is 17.2. The van der Waals surface area contributed by atoms with Crippen molar-refractivity contribution in [2.75, 3.05) is 49.8 Å². The highest BCUT2D eigenvalue weighted by Gasteiger charge is 2.40. The molecule has 68 heavy (non-hydrogen) atoms. The van der Waals surface area contributed by atoms with E-state index in [4.69, 9.17) is 11.6 Å². The van der Waals surface area contributed by atoms with Gasteiger partial charge in [0.05, 0.1) is 12.1 Å². The number of thioether (sulfide) groups is 1. The van der Waals surface area contributed by atoms with Crippen molar-refractivity contribution in [3.8, 4) is 22.5 Å². The Balaban J connectivity index is 0.000000226. The van der Waals surface area contributed by atoms with Gasteiger partial charge in [-0.2, -0.15) is 11.8 Å². The van der Waals surface area contributed by atoms with Gasteiger partial charge in [-0.05, 0) is 65.9 Å². The van der Waals surface area contributed by atoms with Gasteiger partial charge in [0, 0.05) is 63.6 Å². The fraction of sp³-hybridized carbons (Fsp3) is 0.391. The Labute approximate surface area is 412 Å². The molecule has 6 amide bonds. The SMILES string of the molecule is CN[C@@H](C)C(=O)N[C@@H](CSC)C(=O)N1CCC[C@H]1C(=O)Nc1snnc1-c1ccccc1.CN[C@@H](C)C(=O)N[C@H](C(=O)N1CCC[C@H]1C(=O)Nc1snnc1-c1ccccc1)c1ccccc1Cl. The third kappa shape index (κ3) is 12.8. The first kappa shape index (κ1) is 51.5. The maximum Gasteiger partial charge on any atom is 0.250 e. The highest BCUT2D eigenvalue weighted by molar-refractivity contribution is 7.98. The topological polar surface area (TPSA) is 233 Å². The van der Waals surface area contributed by atoms with Crippen molar-refractivity contribution in [1.82, 2.24) is 50.2 Å². The van der Waals surface area contributed by atoms with Crippen LogP contribution in [0.1, 0.15) is 51.1 Å². The number of aromatic nitrogens is 4. The summed E-state index contributed by atoms with van der Waals surface area (Å²) in [5.74, 6) is -1.37. The highest BCUT2D eigenvalue weighted by atomic mass is 35.5. The standard InChI is InChI=1S/C25H27ClN6O3S.C21H28N6O3S2/c1-15(27-2)22(33)28-21(17-11-6-7-12-18(17)26)25(35)32-14-8-13-19(32)23(34)29-24-20(30-31-36-24)16-9-4-3-5-10-16;1-13(22-2)18(28)23-15(12-31-3)21(30)27-11-7-10-16(27)19(29)24-20-17(25-26-32-20)14-8-5-4-6-9-14/h3-7,9-12,15,19,21,27H,8,13-14H2,1-2H3,(H,28,33)(H,29,34);4-6,8-9,13,15-16,22H,7,10-12H2,1-3H3,(H,23,28)(H,24,29)/t15-,19-,21-;13-,15-,16-/m00/s1. The lowest BCUT2D eigenvalue weighted by molar-refractivity contribution is -0.140. The number of benzene rings is 3. The number of nitrogens with one attached hydrogen (secondary N) is 6. The molecule has 0 bridgehead atoms. The fourth-order valence-corrected chi connectivity index (χ4v) is 9.62. The number of hydrogen-bond donors (Lipinski definition) is 6. The molecule has 3 aromatic carbocycles. The molecular weight excluding hydrogens is 948 g/mol. The largest absolute Gasteiger partial charge is 0.342 e. The van der Waals surface area contributed by atoms with Crippen LogP contribution in [0.4, 0.5) is 10.0 Å². The fourth-order valence-electron chi connectivity index (χ4n) is 7.63. The van der Waals surface area contributed by atoms with Gasteiger partial charge in [0.2, 0.25) is 29.5 Å². The van der Waals surface area contributed by atoms with Crippen molar-refractivity contribution in [3.63, 3.8) is 0 Å². The zero-order chi connectivity index (χ0) is 48.7. The molecule has 6 N–H and O–H groups in total. The summed E-state index contributed by atoms with van der Waals surface area (Å²) in [4.78, 5) is 81.6. The van der Waals surface area contributed by atoms with Crippen LogP contribution in [0.5, 0.6) is 0 Å². The molecule has 2 aliphatic rings. The van der Waals surface area contributed by atoms with E-state index < -0.39 is 36.3 Å². The van der Waals surface area contributed by atoms with Crippen LogP contribution in [0.3, 0.4) is 0 Å². The van der Waals surface area contributed by atoms with E-state index in [1.54, 1.807) is 57.1 Å². The van der Waals surface area contributed by atoms with E-state index in [1.165, 1.54) is 16.7 Å². The van der Waals surface area contributed by atoms with Gasteiger partial charge in [0.25, 0.3) is 5.91 Å². The van der Waals surface area contributed by atoms with Crippen molar-refractivity contribution in [3.05, 3.63) is 95.5 Å². The molecule has 2 saturated heterocycles. The van der Waals surface area contributed by atoms with Crippen LogP contribution in [0.15, 0.2) is 84.9 Å². The smallest absolute Gasteiger partial charge is 0.250 e. The van der Waals surface area contributed by atoms with Crippen LogP contribution in [-0.4, -0.2) is 134 Å². The van der Waals surface area contributed by atoms with E-state index >= 15 is 0 Å². The Hall–Kier alpha value is -5.84. The van der Waals surface area contributed by atoms with E-state index in [1.807, 2.05) is 66.9 Å². The van der Waals surface area contributed by atoms with Gasteiger partial charge < -0.3 is 41.7 Å². The summed E-state index contributed by atoms with van der Waals surface area (Å²) in [6.45, 7) is 4.30. The molecule has 0 radical (unpaired) electrons. The number of carbonyl (C=O) groups is 6. The minimum Gasteiger partial charge on any atom is -0.342 e. The van der Waals surface area contributed by atoms with Crippen molar-refractivity contribution in [2.45, 2.75) is 75.8 Å². The molecular formula is C46H55ClN12O6S3. The second kappa shape index (κ2) is 25.0. The number of carbonyl (C=O) groups excluding carboxylic acids is 6. The van der Waals surface area contributed by atoms with Gasteiger partial charge in [-0.15, -0.1) is 10.2 Å². The lowest BCUT2D eigenvalue weighted by atomic mass is 10.0. The van der Waals surface area contributed by atoms with Crippen LogP contribution in [0, 0.1) is 0 Å². The van der Waals surface area contributed by atoms with Crippen molar-refractivity contribution in [1.29, 1.82) is 0 Å². The molecule has 2 fully saturated rings. The van der Waals surface area contributed by atoms with E-state index in [9.17, 15) is 28.8 Å². The molecule has 0 aliphatic carbocycles. The lowest BCUT2D eigenvalue weighted by Crippen LogP contribution is -2.55. The Kier molecular flexibility index (Phi) is 18.9. The first-order valence-electron chi connectivity index (χ1n) is 22.0. The number of amides is 6. The second-order valence-electron chi connectivity index (χ2n) is 16.0. The predicted molar refractivity (Wildman–Crippen MR) is 267 cm³/mol.